The molecule has 88 valence electrons. The van der Waals surface area contributed by atoms with E-state index in [4.69, 9.17) is 5.11 Å². The molecule has 0 amide bonds. The number of carboxylic acid groups (broad SMARTS) is 1. The van der Waals surface area contributed by atoms with Crippen molar-refractivity contribution in [3.63, 3.8) is 0 Å². The number of rotatable bonds is 4. The zero-order valence-electron chi connectivity index (χ0n) is 9.53. The molecule has 4 heteroatoms. The summed E-state index contributed by atoms with van der Waals surface area (Å²) in [4.78, 5) is 16.0. The number of carbonyl (C=O) groups is 1. The second-order valence-corrected chi connectivity index (χ2v) is 5.48. The summed E-state index contributed by atoms with van der Waals surface area (Å²) in [6, 6.07) is 0. The van der Waals surface area contributed by atoms with Gasteiger partial charge in [0.2, 0.25) is 0 Å². The fourth-order valence-corrected chi connectivity index (χ4v) is 3.22. The van der Waals surface area contributed by atoms with E-state index in [0.717, 1.165) is 23.5 Å². The molecule has 1 aromatic heterocycles. The minimum atomic E-state index is -0.815. The van der Waals surface area contributed by atoms with Crippen LogP contribution in [-0.2, 0) is 12.8 Å². The lowest BCUT2D eigenvalue weighted by Gasteiger charge is -2.06. The molecule has 0 saturated heterocycles. The third kappa shape index (κ3) is 2.43. The number of nitrogens with zero attached hydrogens (tertiary/aromatic N) is 1. The van der Waals surface area contributed by atoms with Gasteiger partial charge in [-0.25, -0.2) is 9.78 Å². The number of aromatic carboxylic acids is 1. The standard InChI is InChI=1S/C12H17NO2S/c1-2-10-13-9(11(16-10)12(14)15)7-8-5-3-4-6-8/h8H,2-7H2,1H3,(H,14,15). The van der Waals surface area contributed by atoms with E-state index in [9.17, 15) is 4.79 Å². The first-order valence-electron chi connectivity index (χ1n) is 5.92. The van der Waals surface area contributed by atoms with Gasteiger partial charge >= 0.3 is 5.97 Å². The Morgan fingerprint density at radius 2 is 2.19 bits per heavy atom. The van der Waals surface area contributed by atoms with Gasteiger partial charge in [0.15, 0.2) is 0 Å². The second-order valence-electron chi connectivity index (χ2n) is 4.40. The number of aryl methyl sites for hydroxylation is 1. The Balaban J connectivity index is 2.17. The van der Waals surface area contributed by atoms with E-state index >= 15 is 0 Å². The molecule has 1 aliphatic carbocycles. The van der Waals surface area contributed by atoms with Crippen LogP contribution in [0, 0.1) is 5.92 Å². The molecule has 16 heavy (non-hydrogen) atoms. The SMILES string of the molecule is CCc1nc(CC2CCCC2)c(C(=O)O)s1. The minimum absolute atomic E-state index is 0.462. The van der Waals surface area contributed by atoms with E-state index in [1.165, 1.54) is 37.0 Å². The first-order chi connectivity index (χ1) is 7.70. The van der Waals surface area contributed by atoms with Crippen LogP contribution in [0.15, 0.2) is 0 Å². The topological polar surface area (TPSA) is 50.2 Å². The van der Waals surface area contributed by atoms with Crippen LogP contribution in [0.5, 0.6) is 0 Å². The van der Waals surface area contributed by atoms with Crippen molar-refractivity contribution in [1.82, 2.24) is 4.98 Å². The molecule has 0 spiro atoms. The van der Waals surface area contributed by atoms with Crippen molar-refractivity contribution in [3.8, 4) is 0 Å². The normalized spacial score (nSPS) is 16.8. The van der Waals surface area contributed by atoms with Crippen LogP contribution in [0.25, 0.3) is 0 Å². The van der Waals surface area contributed by atoms with Crippen molar-refractivity contribution in [2.45, 2.75) is 45.4 Å². The maximum absolute atomic E-state index is 11.1. The number of hydrogen-bond acceptors (Lipinski definition) is 3. The lowest BCUT2D eigenvalue weighted by molar-refractivity contribution is 0.0700. The molecule has 0 atom stereocenters. The van der Waals surface area contributed by atoms with E-state index in [1.807, 2.05) is 6.92 Å². The minimum Gasteiger partial charge on any atom is -0.477 e. The van der Waals surface area contributed by atoms with Gasteiger partial charge in [-0.2, -0.15) is 0 Å². The van der Waals surface area contributed by atoms with Crippen molar-refractivity contribution in [2.24, 2.45) is 5.92 Å². The van der Waals surface area contributed by atoms with Gasteiger partial charge in [0.1, 0.15) is 4.88 Å². The van der Waals surface area contributed by atoms with E-state index < -0.39 is 5.97 Å². The van der Waals surface area contributed by atoms with Crippen molar-refractivity contribution in [2.75, 3.05) is 0 Å². The Kier molecular flexibility index (Phi) is 3.59. The fourth-order valence-electron chi connectivity index (χ4n) is 2.35. The quantitative estimate of drug-likeness (QED) is 0.878. The van der Waals surface area contributed by atoms with E-state index in [2.05, 4.69) is 4.98 Å². The molecular weight excluding hydrogens is 222 g/mol. The number of carboxylic acids is 1. The fraction of sp³-hybridized carbons (Fsp3) is 0.667. The smallest absolute Gasteiger partial charge is 0.347 e. The maximum atomic E-state index is 11.1. The van der Waals surface area contributed by atoms with Crippen LogP contribution in [0.2, 0.25) is 0 Å². The molecule has 1 saturated carbocycles. The summed E-state index contributed by atoms with van der Waals surface area (Å²) < 4.78 is 0. The summed E-state index contributed by atoms with van der Waals surface area (Å²) in [5, 5.41) is 10.1. The zero-order chi connectivity index (χ0) is 11.5. The van der Waals surface area contributed by atoms with Crippen LogP contribution in [0.4, 0.5) is 0 Å². The van der Waals surface area contributed by atoms with Gasteiger partial charge in [-0.05, 0) is 18.8 Å². The molecule has 0 aliphatic heterocycles. The van der Waals surface area contributed by atoms with Crippen LogP contribution in [-0.4, -0.2) is 16.1 Å². The molecule has 1 aromatic rings. The second kappa shape index (κ2) is 4.95. The summed E-state index contributed by atoms with van der Waals surface area (Å²) in [5.74, 6) is -0.157. The summed E-state index contributed by atoms with van der Waals surface area (Å²) in [5.41, 5.74) is 0.821. The summed E-state index contributed by atoms with van der Waals surface area (Å²) >= 11 is 1.34. The van der Waals surface area contributed by atoms with Gasteiger partial charge in [0.25, 0.3) is 0 Å². The Labute approximate surface area is 99.5 Å². The molecule has 0 unspecified atom stereocenters. The van der Waals surface area contributed by atoms with Crippen LogP contribution in [0.1, 0.15) is 53.0 Å². The average molecular weight is 239 g/mol. The molecule has 1 fully saturated rings. The van der Waals surface area contributed by atoms with Gasteiger partial charge in [-0.3, -0.25) is 0 Å². The molecule has 2 rings (SSSR count). The van der Waals surface area contributed by atoms with E-state index in [0.29, 0.717) is 10.8 Å². The summed E-state index contributed by atoms with van der Waals surface area (Å²) in [7, 11) is 0. The molecule has 1 N–H and O–H groups in total. The van der Waals surface area contributed by atoms with Gasteiger partial charge in [-0.1, -0.05) is 32.6 Å². The predicted octanol–water partition coefficient (Wildman–Crippen LogP) is 3.14. The highest BCUT2D eigenvalue weighted by atomic mass is 32.1. The summed E-state index contributed by atoms with van der Waals surface area (Å²) in [6.07, 6.45) is 6.74. The summed E-state index contributed by atoms with van der Waals surface area (Å²) in [6.45, 7) is 2.02. The van der Waals surface area contributed by atoms with Gasteiger partial charge < -0.3 is 5.11 Å². The molecule has 0 radical (unpaired) electrons. The third-order valence-corrected chi connectivity index (χ3v) is 4.43. The lowest BCUT2D eigenvalue weighted by atomic mass is 10.0. The van der Waals surface area contributed by atoms with Gasteiger partial charge in [0.05, 0.1) is 10.7 Å². The predicted molar refractivity (Wildman–Crippen MR) is 64.1 cm³/mol. The molecule has 1 heterocycles. The highest BCUT2D eigenvalue weighted by Gasteiger charge is 2.22. The third-order valence-electron chi connectivity index (χ3n) is 3.20. The number of thiazole rings is 1. The number of aromatic nitrogens is 1. The number of hydrogen-bond donors (Lipinski definition) is 1. The van der Waals surface area contributed by atoms with Crippen LogP contribution in [0.3, 0.4) is 0 Å². The lowest BCUT2D eigenvalue weighted by Crippen LogP contribution is -2.05. The Hall–Kier alpha value is -0.900. The zero-order valence-corrected chi connectivity index (χ0v) is 10.3. The van der Waals surface area contributed by atoms with Gasteiger partial charge in [0, 0.05) is 0 Å². The van der Waals surface area contributed by atoms with E-state index in [-0.39, 0.29) is 0 Å². The first kappa shape index (κ1) is 11.6. The Morgan fingerprint density at radius 3 is 2.75 bits per heavy atom. The van der Waals surface area contributed by atoms with Crippen molar-refractivity contribution >= 4 is 17.3 Å². The van der Waals surface area contributed by atoms with Crippen molar-refractivity contribution in [1.29, 1.82) is 0 Å². The molecule has 0 bridgehead atoms. The van der Waals surface area contributed by atoms with Crippen molar-refractivity contribution < 1.29 is 9.90 Å². The molecule has 3 nitrogen and oxygen atoms in total. The van der Waals surface area contributed by atoms with Crippen molar-refractivity contribution in [3.05, 3.63) is 15.6 Å². The van der Waals surface area contributed by atoms with Crippen LogP contribution < -0.4 is 0 Å². The molecule has 1 aliphatic rings. The van der Waals surface area contributed by atoms with Crippen LogP contribution >= 0.6 is 11.3 Å². The molecular formula is C12H17NO2S. The highest BCUT2D eigenvalue weighted by molar-refractivity contribution is 7.13. The Morgan fingerprint density at radius 1 is 1.50 bits per heavy atom. The highest BCUT2D eigenvalue weighted by Crippen LogP contribution is 2.30. The largest absolute Gasteiger partial charge is 0.477 e. The Bertz CT molecular complexity index is 380. The van der Waals surface area contributed by atoms with Gasteiger partial charge in [-0.15, -0.1) is 11.3 Å². The first-order valence-corrected chi connectivity index (χ1v) is 6.74. The van der Waals surface area contributed by atoms with E-state index in [1.54, 1.807) is 0 Å². The maximum Gasteiger partial charge on any atom is 0.347 e. The monoisotopic (exact) mass is 239 g/mol. The molecule has 0 aromatic carbocycles. The average Bonchev–Trinajstić information content (AvgIpc) is 2.87.